The second kappa shape index (κ2) is 6.28. The average molecular weight is 369 g/mol. The Balaban J connectivity index is 2.33. The van der Waals surface area contributed by atoms with Gasteiger partial charge in [-0.15, -0.1) is 0 Å². The number of carbonyl (C=O) groups is 1. The Hall–Kier alpha value is -1.86. The number of benzene rings is 2. The monoisotopic (exact) mass is 368 g/mol. The van der Waals surface area contributed by atoms with Gasteiger partial charge in [-0.3, -0.25) is 9.52 Å². The molecule has 21 heavy (non-hydrogen) atoms. The number of anilines is 2. The quantitative estimate of drug-likeness (QED) is 0.869. The highest BCUT2D eigenvalue weighted by Gasteiger charge is 2.16. The summed E-state index contributed by atoms with van der Waals surface area (Å²) < 4.78 is 27.9. The zero-order valence-corrected chi connectivity index (χ0v) is 13.5. The number of sulfonamides is 1. The number of carbonyl (C=O) groups excluding carboxylic acids is 1. The third-order valence-corrected chi connectivity index (χ3v) is 4.52. The van der Waals surface area contributed by atoms with Crippen molar-refractivity contribution in [3.63, 3.8) is 0 Å². The van der Waals surface area contributed by atoms with Crippen molar-refractivity contribution < 1.29 is 13.2 Å². The summed E-state index contributed by atoms with van der Waals surface area (Å²) in [6.07, 6.45) is 0. The standard InChI is InChI=1S/C14H13BrN2O3S/c1-10(18)16-13-4-2-3-5-14(13)17-21(19,20)12-8-6-11(15)7-9-12/h2-9,17H,1H3,(H,16,18). The molecule has 2 aromatic carbocycles. The predicted octanol–water partition coefficient (Wildman–Crippen LogP) is 3.21. The van der Waals surface area contributed by atoms with E-state index in [-0.39, 0.29) is 10.8 Å². The van der Waals surface area contributed by atoms with Crippen molar-refractivity contribution in [3.05, 3.63) is 53.0 Å². The van der Waals surface area contributed by atoms with E-state index in [1.807, 2.05) is 0 Å². The smallest absolute Gasteiger partial charge is 0.261 e. The lowest BCUT2D eigenvalue weighted by molar-refractivity contribution is -0.114. The van der Waals surface area contributed by atoms with Crippen LogP contribution < -0.4 is 10.0 Å². The van der Waals surface area contributed by atoms with Gasteiger partial charge in [0.25, 0.3) is 10.0 Å². The number of amides is 1. The Morgan fingerprint density at radius 3 is 2.14 bits per heavy atom. The van der Waals surface area contributed by atoms with Crippen molar-refractivity contribution in [1.82, 2.24) is 0 Å². The SMILES string of the molecule is CC(=O)Nc1ccccc1NS(=O)(=O)c1ccc(Br)cc1. The zero-order valence-electron chi connectivity index (χ0n) is 11.1. The van der Waals surface area contributed by atoms with Crippen LogP contribution in [0.3, 0.4) is 0 Å². The third kappa shape index (κ3) is 4.05. The number of rotatable bonds is 4. The van der Waals surface area contributed by atoms with E-state index in [4.69, 9.17) is 0 Å². The molecular weight excluding hydrogens is 356 g/mol. The molecule has 7 heteroatoms. The van der Waals surface area contributed by atoms with Gasteiger partial charge in [-0.2, -0.15) is 0 Å². The molecule has 110 valence electrons. The zero-order chi connectivity index (χ0) is 15.5. The molecule has 1 amide bonds. The molecular formula is C14H13BrN2O3S. The van der Waals surface area contributed by atoms with Gasteiger partial charge in [0.05, 0.1) is 16.3 Å². The third-order valence-electron chi connectivity index (χ3n) is 2.61. The summed E-state index contributed by atoms with van der Waals surface area (Å²) in [5.41, 5.74) is 0.723. The van der Waals surface area contributed by atoms with Crippen molar-refractivity contribution in [2.24, 2.45) is 0 Å². The van der Waals surface area contributed by atoms with Crippen molar-refractivity contribution >= 4 is 43.2 Å². The van der Waals surface area contributed by atoms with Crippen molar-refractivity contribution in [1.29, 1.82) is 0 Å². The van der Waals surface area contributed by atoms with E-state index in [9.17, 15) is 13.2 Å². The Morgan fingerprint density at radius 2 is 1.57 bits per heavy atom. The number of halogens is 1. The maximum absolute atomic E-state index is 12.3. The first-order chi connectivity index (χ1) is 9.88. The van der Waals surface area contributed by atoms with Crippen LogP contribution in [0.25, 0.3) is 0 Å². The highest BCUT2D eigenvalue weighted by molar-refractivity contribution is 9.10. The van der Waals surface area contributed by atoms with Gasteiger partial charge < -0.3 is 5.32 Å². The molecule has 2 aromatic rings. The van der Waals surface area contributed by atoms with Gasteiger partial charge >= 0.3 is 0 Å². The molecule has 0 saturated carbocycles. The fraction of sp³-hybridized carbons (Fsp3) is 0.0714. The van der Waals surface area contributed by atoms with Gasteiger partial charge in [-0.1, -0.05) is 28.1 Å². The Labute approximate surface area is 131 Å². The van der Waals surface area contributed by atoms with Crippen LogP contribution in [-0.4, -0.2) is 14.3 Å². The molecule has 2 N–H and O–H groups in total. The van der Waals surface area contributed by atoms with Crippen molar-refractivity contribution in [2.75, 3.05) is 10.0 Å². The molecule has 2 rings (SSSR count). The van der Waals surface area contributed by atoms with E-state index in [0.29, 0.717) is 11.4 Å². The summed E-state index contributed by atoms with van der Waals surface area (Å²) in [6, 6.07) is 12.9. The minimum atomic E-state index is -3.71. The molecule has 5 nitrogen and oxygen atoms in total. The van der Waals surface area contributed by atoms with Crippen LogP contribution >= 0.6 is 15.9 Å². The van der Waals surface area contributed by atoms with Crippen LogP contribution in [-0.2, 0) is 14.8 Å². The van der Waals surface area contributed by atoms with Gasteiger partial charge in [0.15, 0.2) is 0 Å². The van der Waals surface area contributed by atoms with Crippen molar-refractivity contribution in [3.8, 4) is 0 Å². The number of hydrogen-bond donors (Lipinski definition) is 2. The van der Waals surface area contributed by atoms with Crippen LogP contribution in [0.1, 0.15) is 6.92 Å². The van der Waals surface area contributed by atoms with Gasteiger partial charge in [-0.25, -0.2) is 8.42 Å². The van der Waals surface area contributed by atoms with Crippen LogP contribution in [0, 0.1) is 0 Å². The van der Waals surface area contributed by atoms with Gasteiger partial charge in [0.1, 0.15) is 0 Å². The molecule has 0 aliphatic rings. The van der Waals surface area contributed by atoms with Gasteiger partial charge in [-0.05, 0) is 36.4 Å². The predicted molar refractivity (Wildman–Crippen MR) is 85.7 cm³/mol. The largest absolute Gasteiger partial charge is 0.325 e. The van der Waals surface area contributed by atoms with Crippen LogP contribution in [0.4, 0.5) is 11.4 Å². The molecule has 0 aliphatic carbocycles. The van der Waals surface area contributed by atoms with E-state index in [0.717, 1.165) is 4.47 Å². The second-order valence-electron chi connectivity index (χ2n) is 4.29. The van der Waals surface area contributed by atoms with E-state index in [1.54, 1.807) is 36.4 Å². The molecule has 0 spiro atoms. The maximum atomic E-state index is 12.3. The minimum Gasteiger partial charge on any atom is -0.325 e. The molecule has 0 saturated heterocycles. The highest BCUT2D eigenvalue weighted by atomic mass is 79.9. The molecule has 0 fully saturated rings. The van der Waals surface area contributed by atoms with Gasteiger partial charge in [0, 0.05) is 11.4 Å². The summed E-state index contributed by atoms with van der Waals surface area (Å²) >= 11 is 3.26. The van der Waals surface area contributed by atoms with Crippen LogP contribution in [0.2, 0.25) is 0 Å². The average Bonchev–Trinajstić information content (AvgIpc) is 2.40. The highest BCUT2D eigenvalue weighted by Crippen LogP contribution is 2.24. The molecule has 0 radical (unpaired) electrons. The summed E-state index contributed by atoms with van der Waals surface area (Å²) in [7, 11) is -3.71. The lowest BCUT2D eigenvalue weighted by atomic mass is 10.3. The molecule has 0 atom stereocenters. The molecule has 0 heterocycles. The fourth-order valence-electron chi connectivity index (χ4n) is 1.69. The maximum Gasteiger partial charge on any atom is 0.261 e. The van der Waals surface area contributed by atoms with E-state index >= 15 is 0 Å². The van der Waals surface area contributed by atoms with E-state index < -0.39 is 10.0 Å². The molecule has 0 aromatic heterocycles. The number of hydrogen-bond acceptors (Lipinski definition) is 3. The molecule has 0 aliphatic heterocycles. The fourth-order valence-corrected chi connectivity index (χ4v) is 3.03. The Morgan fingerprint density at radius 1 is 1.00 bits per heavy atom. The van der Waals surface area contributed by atoms with Gasteiger partial charge in [0.2, 0.25) is 5.91 Å². The Bertz CT molecular complexity index is 758. The summed E-state index contributed by atoms with van der Waals surface area (Å²) in [4.78, 5) is 11.3. The first-order valence-electron chi connectivity index (χ1n) is 6.03. The van der Waals surface area contributed by atoms with Crippen molar-refractivity contribution in [2.45, 2.75) is 11.8 Å². The minimum absolute atomic E-state index is 0.142. The van der Waals surface area contributed by atoms with Crippen LogP contribution in [0.15, 0.2) is 57.9 Å². The van der Waals surface area contributed by atoms with Crippen LogP contribution in [0.5, 0.6) is 0 Å². The first kappa shape index (κ1) is 15.5. The summed E-state index contributed by atoms with van der Waals surface area (Å²) in [5, 5.41) is 2.58. The first-order valence-corrected chi connectivity index (χ1v) is 8.31. The lowest BCUT2D eigenvalue weighted by Crippen LogP contribution is -2.15. The topological polar surface area (TPSA) is 75.3 Å². The number of para-hydroxylation sites is 2. The summed E-state index contributed by atoms with van der Waals surface area (Å²) in [6.45, 7) is 1.36. The van der Waals surface area contributed by atoms with E-state index in [2.05, 4.69) is 26.0 Å². The molecule has 0 unspecified atom stereocenters. The Kier molecular flexibility index (Phi) is 4.64. The number of nitrogens with one attached hydrogen (secondary N) is 2. The summed E-state index contributed by atoms with van der Waals surface area (Å²) in [5.74, 6) is -0.273. The normalized spacial score (nSPS) is 11.0. The lowest BCUT2D eigenvalue weighted by Gasteiger charge is -2.12. The molecule has 0 bridgehead atoms. The van der Waals surface area contributed by atoms with E-state index in [1.165, 1.54) is 19.1 Å². The second-order valence-corrected chi connectivity index (χ2v) is 6.88.